The quantitative estimate of drug-likeness (QED) is 0.699. The summed E-state index contributed by atoms with van der Waals surface area (Å²) in [7, 11) is 1.55. The fourth-order valence-electron chi connectivity index (χ4n) is 2.62. The number of nitrogens with zero attached hydrogens (tertiary/aromatic N) is 1. The molecule has 1 heterocycles. The number of hydrogen-bond acceptors (Lipinski definition) is 3. The van der Waals surface area contributed by atoms with Crippen LogP contribution in [-0.4, -0.2) is 23.2 Å². The van der Waals surface area contributed by atoms with Gasteiger partial charge in [0.25, 0.3) is 0 Å². The van der Waals surface area contributed by atoms with Crippen molar-refractivity contribution in [2.45, 2.75) is 12.6 Å². The minimum absolute atomic E-state index is 0.194. The van der Waals surface area contributed by atoms with E-state index in [9.17, 15) is 18.0 Å². The van der Waals surface area contributed by atoms with Gasteiger partial charge in [-0.3, -0.25) is 9.89 Å². The van der Waals surface area contributed by atoms with Gasteiger partial charge in [-0.15, -0.1) is 0 Å². The molecule has 0 unspecified atom stereocenters. The SMILES string of the molecule is COc1ccccc1-c1cc(NC(=O)Cc2cccc(C(F)(F)F)c2)n[nH]1. The molecule has 0 fully saturated rings. The minimum Gasteiger partial charge on any atom is -0.496 e. The first-order valence-corrected chi connectivity index (χ1v) is 8.01. The average molecular weight is 375 g/mol. The van der Waals surface area contributed by atoms with E-state index in [2.05, 4.69) is 15.5 Å². The number of H-pyrrole nitrogens is 1. The number of anilines is 1. The summed E-state index contributed by atoms with van der Waals surface area (Å²) in [6.45, 7) is 0. The maximum Gasteiger partial charge on any atom is 0.416 e. The lowest BCUT2D eigenvalue weighted by Gasteiger charge is -2.08. The number of ether oxygens (including phenoxy) is 1. The number of methoxy groups -OCH3 is 1. The van der Waals surface area contributed by atoms with Crippen molar-refractivity contribution >= 4 is 11.7 Å². The Morgan fingerprint density at radius 3 is 2.67 bits per heavy atom. The third-order valence-corrected chi connectivity index (χ3v) is 3.86. The second kappa shape index (κ2) is 7.53. The van der Waals surface area contributed by atoms with E-state index in [0.29, 0.717) is 11.4 Å². The van der Waals surface area contributed by atoms with Crippen molar-refractivity contribution in [2.24, 2.45) is 0 Å². The molecule has 2 aromatic carbocycles. The molecule has 0 spiro atoms. The fourth-order valence-corrected chi connectivity index (χ4v) is 2.62. The van der Waals surface area contributed by atoms with E-state index in [4.69, 9.17) is 4.74 Å². The van der Waals surface area contributed by atoms with Crippen LogP contribution in [0.4, 0.5) is 19.0 Å². The summed E-state index contributed by atoms with van der Waals surface area (Å²) >= 11 is 0. The first-order chi connectivity index (χ1) is 12.9. The highest BCUT2D eigenvalue weighted by molar-refractivity contribution is 5.92. The van der Waals surface area contributed by atoms with Gasteiger partial charge in [-0.05, 0) is 23.8 Å². The largest absolute Gasteiger partial charge is 0.496 e. The number of aromatic amines is 1. The lowest BCUT2D eigenvalue weighted by atomic mass is 10.1. The molecule has 0 aliphatic carbocycles. The van der Waals surface area contributed by atoms with E-state index in [1.807, 2.05) is 18.2 Å². The van der Waals surface area contributed by atoms with Gasteiger partial charge in [0.1, 0.15) is 5.75 Å². The molecular formula is C19H16F3N3O2. The maximum absolute atomic E-state index is 12.8. The van der Waals surface area contributed by atoms with Crippen LogP contribution in [-0.2, 0) is 17.4 Å². The molecule has 5 nitrogen and oxygen atoms in total. The topological polar surface area (TPSA) is 67.0 Å². The Labute approximate surface area is 153 Å². The molecule has 0 atom stereocenters. The van der Waals surface area contributed by atoms with Gasteiger partial charge in [0, 0.05) is 11.6 Å². The van der Waals surface area contributed by atoms with Gasteiger partial charge in [-0.25, -0.2) is 0 Å². The first kappa shape index (κ1) is 18.5. The highest BCUT2D eigenvalue weighted by Crippen LogP contribution is 2.30. The molecule has 140 valence electrons. The Morgan fingerprint density at radius 2 is 1.93 bits per heavy atom. The van der Waals surface area contributed by atoms with Crippen molar-refractivity contribution in [3.8, 4) is 17.0 Å². The second-order valence-corrected chi connectivity index (χ2v) is 5.79. The van der Waals surface area contributed by atoms with Gasteiger partial charge in [0.2, 0.25) is 5.91 Å². The molecule has 1 aromatic heterocycles. The molecule has 3 aromatic rings. The maximum atomic E-state index is 12.8. The summed E-state index contributed by atoms with van der Waals surface area (Å²) in [5.74, 6) is 0.447. The van der Waals surface area contributed by atoms with Crippen LogP contribution in [0.1, 0.15) is 11.1 Å². The molecule has 3 rings (SSSR count). The van der Waals surface area contributed by atoms with Gasteiger partial charge in [0.05, 0.1) is 24.8 Å². The van der Waals surface area contributed by atoms with Crippen molar-refractivity contribution in [2.75, 3.05) is 12.4 Å². The van der Waals surface area contributed by atoms with Crippen LogP contribution < -0.4 is 10.1 Å². The lowest BCUT2D eigenvalue weighted by molar-refractivity contribution is -0.137. The zero-order chi connectivity index (χ0) is 19.4. The van der Waals surface area contributed by atoms with Crippen LogP contribution in [0, 0.1) is 0 Å². The molecule has 0 aliphatic rings. The Bertz CT molecular complexity index is 951. The lowest BCUT2D eigenvalue weighted by Crippen LogP contribution is -2.15. The standard InChI is InChI=1S/C19H16F3N3O2/c1-27-16-8-3-2-7-14(16)15-11-17(25-24-15)23-18(26)10-12-5-4-6-13(9-12)19(20,21)22/h2-9,11H,10H2,1H3,(H2,23,24,25,26). The van der Waals surface area contributed by atoms with Crippen molar-refractivity contribution in [1.29, 1.82) is 0 Å². The molecule has 0 aliphatic heterocycles. The van der Waals surface area contributed by atoms with E-state index < -0.39 is 17.6 Å². The van der Waals surface area contributed by atoms with Gasteiger partial charge >= 0.3 is 6.18 Å². The zero-order valence-electron chi connectivity index (χ0n) is 14.3. The number of benzene rings is 2. The van der Waals surface area contributed by atoms with E-state index in [-0.39, 0.29) is 17.8 Å². The van der Waals surface area contributed by atoms with Crippen LogP contribution in [0.15, 0.2) is 54.6 Å². The number of amides is 1. The van der Waals surface area contributed by atoms with Crippen LogP contribution in [0.3, 0.4) is 0 Å². The van der Waals surface area contributed by atoms with Crippen LogP contribution >= 0.6 is 0 Å². The summed E-state index contributed by atoms with van der Waals surface area (Å²) in [6.07, 6.45) is -4.64. The number of para-hydroxylation sites is 1. The van der Waals surface area contributed by atoms with Gasteiger partial charge in [-0.1, -0.05) is 30.3 Å². The summed E-state index contributed by atoms with van der Waals surface area (Å²) < 4.78 is 43.5. The number of carbonyl (C=O) groups is 1. The molecule has 8 heteroatoms. The van der Waals surface area contributed by atoms with Crippen LogP contribution in [0.25, 0.3) is 11.3 Å². The van der Waals surface area contributed by atoms with Crippen molar-refractivity contribution in [3.63, 3.8) is 0 Å². The second-order valence-electron chi connectivity index (χ2n) is 5.79. The number of rotatable bonds is 5. The molecule has 2 N–H and O–H groups in total. The molecule has 0 saturated heterocycles. The van der Waals surface area contributed by atoms with Crippen molar-refractivity contribution < 1.29 is 22.7 Å². The Balaban J connectivity index is 1.70. The number of carbonyl (C=O) groups excluding carboxylic acids is 1. The molecular weight excluding hydrogens is 359 g/mol. The van der Waals surface area contributed by atoms with Crippen molar-refractivity contribution in [3.05, 3.63) is 65.7 Å². The normalized spacial score (nSPS) is 11.3. The Morgan fingerprint density at radius 1 is 1.15 bits per heavy atom. The summed E-state index contributed by atoms with van der Waals surface area (Å²) in [6, 6.07) is 13.6. The molecule has 1 amide bonds. The number of aromatic nitrogens is 2. The van der Waals surface area contributed by atoms with Gasteiger partial charge in [0.15, 0.2) is 5.82 Å². The average Bonchev–Trinajstić information content (AvgIpc) is 3.09. The van der Waals surface area contributed by atoms with E-state index in [0.717, 1.165) is 17.7 Å². The zero-order valence-corrected chi connectivity index (χ0v) is 14.3. The monoisotopic (exact) mass is 375 g/mol. The highest BCUT2D eigenvalue weighted by atomic mass is 19.4. The summed E-state index contributed by atoms with van der Waals surface area (Å²) in [4.78, 5) is 12.1. The van der Waals surface area contributed by atoms with Gasteiger partial charge in [-0.2, -0.15) is 18.3 Å². The number of hydrogen-bond donors (Lipinski definition) is 2. The molecule has 0 radical (unpaired) electrons. The van der Waals surface area contributed by atoms with E-state index >= 15 is 0 Å². The number of halogens is 3. The number of nitrogens with one attached hydrogen (secondary N) is 2. The third-order valence-electron chi connectivity index (χ3n) is 3.86. The molecule has 0 bridgehead atoms. The van der Waals surface area contributed by atoms with Crippen LogP contribution in [0.2, 0.25) is 0 Å². The third kappa shape index (κ3) is 4.46. The predicted octanol–water partition coefficient (Wildman–Crippen LogP) is 4.29. The first-order valence-electron chi connectivity index (χ1n) is 8.01. The summed E-state index contributed by atoms with van der Waals surface area (Å²) in [5, 5.41) is 9.39. The fraction of sp³-hybridized carbons (Fsp3) is 0.158. The molecule has 0 saturated carbocycles. The predicted molar refractivity (Wildman–Crippen MR) is 94.4 cm³/mol. The van der Waals surface area contributed by atoms with Crippen LogP contribution in [0.5, 0.6) is 5.75 Å². The molecule has 27 heavy (non-hydrogen) atoms. The minimum atomic E-state index is -4.45. The van der Waals surface area contributed by atoms with Gasteiger partial charge < -0.3 is 10.1 Å². The van der Waals surface area contributed by atoms with Crippen molar-refractivity contribution in [1.82, 2.24) is 10.2 Å². The smallest absolute Gasteiger partial charge is 0.416 e. The Kier molecular flexibility index (Phi) is 5.16. The van der Waals surface area contributed by atoms with E-state index in [1.165, 1.54) is 12.1 Å². The summed E-state index contributed by atoms with van der Waals surface area (Å²) in [5.41, 5.74) is 0.890. The number of alkyl halides is 3. The van der Waals surface area contributed by atoms with E-state index in [1.54, 1.807) is 19.2 Å². The highest BCUT2D eigenvalue weighted by Gasteiger charge is 2.30. The Hall–Kier alpha value is -3.29.